The highest BCUT2D eigenvalue weighted by molar-refractivity contribution is 5.68. The SMILES string of the molecule is CCC1CCCC1NC1CCC(N(C)C(=O)OC(C)(C)C)CC1. The zero-order valence-corrected chi connectivity index (χ0v) is 15.7. The number of nitrogens with zero attached hydrogens (tertiary/aromatic N) is 1. The van der Waals surface area contributed by atoms with Crippen LogP contribution in [0.4, 0.5) is 4.79 Å². The van der Waals surface area contributed by atoms with E-state index in [1.54, 1.807) is 0 Å². The second-order valence-corrected chi connectivity index (χ2v) is 8.47. The molecule has 0 aliphatic heterocycles. The highest BCUT2D eigenvalue weighted by Gasteiger charge is 2.32. The maximum absolute atomic E-state index is 12.2. The Morgan fingerprint density at radius 3 is 2.35 bits per heavy atom. The fourth-order valence-electron chi connectivity index (χ4n) is 4.16. The molecule has 0 aromatic heterocycles. The number of carbonyl (C=O) groups is 1. The third-order valence-electron chi connectivity index (χ3n) is 5.56. The van der Waals surface area contributed by atoms with E-state index in [1.807, 2.05) is 32.7 Å². The van der Waals surface area contributed by atoms with Crippen molar-refractivity contribution in [2.45, 2.75) is 103 Å². The predicted molar refractivity (Wildman–Crippen MR) is 94.6 cm³/mol. The predicted octanol–water partition coefficient (Wildman–Crippen LogP) is 4.33. The maximum Gasteiger partial charge on any atom is 0.410 e. The second kappa shape index (κ2) is 7.87. The molecule has 4 heteroatoms. The zero-order valence-electron chi connectivity index (χ0n) is 15.7. The van der Waals surface area contributed by atoms with Gasteiger partial charge < -0.3 is 15.0 Å². The van der Waals surface area contributed by atoms with Gasteiger partial charge in [0, 0.05) is 25.2 Å². The van der Waals surface area contributed by atoms with Crippen molar-refractivity contribution < 1.29 is 9.53 Å². The summed E-state index contributed by atoms with van der Waals surface area (Å²) in [6, 6.07) is 1.69. The standard InChI is InChI=1S/C19H36N2O2/c1-6-14-8-7-9-17(14)20-15-10-12-16(13-11-15)21(5)18(22)23-19(2,3)4/h14-17,20H,6-13H2,1-5H3. The first-order chi connectivity index (χ1) is 10.8. The summed E-state index contributed by atoms with van der Waals surface area (Å²) >= 11 is 0. The minimum absolute atomic E-state index is 0.184. The van der Waals surface area contributed by atoms with E-state index < -0.39 is 5.60 Å². The van der Waals surface area contributed by atoms with Crippen molar-refractivity contribution in [1.82, 2.24) is 10.2 Å². The van der Waals surface area contributed by atoms with Gasteiger partial charge in [0.15, 0.2) is 0 Å². The lowest BCUT2D eigenvalue weighted by atomic mass is 9.89. The van der Waals surface area contributed by atoms with E-state index in [2.05, 4.69) is 12.2 Å². The summed E-state index contributed by atoms with van der Waals surface area (Å²) in [4.78, 5) is 14.0. The van der Waals surface area contributed by atoms with E-state index in [4.69, 9.17) is 4.74 Å². The lowest BCUT2D eigenvalue weighted by Gasteiger charge is -2.37. The third-order valence-corrected chi connectivity index (χ3v) is 5.56. The van der Waals surface area contributed by atoms with Crippen LogP contribution in [0, 0.1) is 5.92 Å². The van der Waals surface area contributed by atoms with Crippen LogP contribution >= 0.6 is 0 Å². The minimum atomic E-state index is -0.415. The first-order valence-electron chi connectivity index (χ1n) is 9.52. The topological polar surface area (TPSA) is 41.6 Å². The number of hydrogen-bond acceptors (Lipinski definition) is 3. The molecule has 0 radical (unpaired) electrons. The van der Waals surface area contributed by atoms with Gasteiger partial charge in [-0.05, 0) is 65.2 Å². The zero-order chi connectivity index (χ0) is 17.0. The van der Waals surface area contributed by atoms with Gasteiger partial charge >= 0.3 is 6.09 Å². The molecule has 2 aliphatic carbocycles. The van der Waals surface area contributed by atoms with Crippen LogP contribution in [0.5, 0.6) is 0 Å². The molecule has 0 spiro atoms. The number of hydrogen-bond donors (Lipinski definition) is 1. The number of ether oxygens (including phenoxy) is 1. The molecule has 0 saturated heterocycles. The van der Waals surface area contributed by atoms with Crippen molar-refractivity contribution in [3.05, 3.63) is 0 Å². The molecule has 1 amide bonds. The molecule has 2 rings (SSSR count). The fourth-order valence-corrected chi connectivity index (χ4v) is 4.16. The van der Waals surface area contributed by atoms with Gasteiger partial charge in [0.2, 0.25) is 0 Å². The van der Waals surface area contributed by atoms with Crippen molar-refractivity contribution in [2.24, 2.45) is 5.92 Å². The first kappa shape index (κ1) is 18.6. The van der Waals surface area contributed by atoms with Crippen molar-refractivity contribution in [3.8, 4) is 0 Å². The van der Waals surface area contributed by atoms with Gasteiger partial charge in [-0.2, -0.15) is 0 Å². The van der Waals surface area contributed by atoms with Gasteiger partial charge in [0.1, 0.15) is 5.60 Å². The van der Waals surface area contributed by atoms with Gasteiger partial charge in [-0.1, -0.05) is 19.8 Å². The second-order valence-electron chi connectivity index (χ2n) is 8.47. The summed E-state index contributed by atoms with van der Waals surface area (Å²) in [7, 11) is 1.89. The van der Waals surface area contributed by atoms with Crippen LogP contribution in [-0.4, -0.2) is 41.8 Å². The lowest BCUT2D eigenvalue weighted by molar-refractivity contribution is 0.0177. The Bertz CT molecular complexity index is 383. The molecule has 4 nitrogen and oxygen atoms in total. The Balaban J connectivity index is 1.76. The van der Waals surface area contributed by atoms with Gasteiger partial charge in [0.25, 0.3) is 0 Å². The first-order valence-corrected chi connectivity index (χ1v) is 9.52. The van der Waals surface area contributed by atoms with E-state index in [0.717, 1.165) is 24.8 Å². The van der Waals surface area contributed by atoms with Crippen molar-refractivity contribution in [2.75, 3.05) is 7.05 Å². The van der Waals surface area contributed by atoms with Crippen LogP contribution in [0.1, 0.15) is 79.1 Å². The summed E-state index contributed by atoms with van der Waals surface area (Å²) in [6.07, 6.45) is 9.74. The van der Waals surface area contributed by atoms with Crippen molar-refractivity contribution >= 4 is 6.09 Å². The van der Waals surface area contributed by atoms with Crippen molar-refractivity contribution in [3.63, 3.8) is 0 Å². The van der Waals surface area contributed by atoms with E-state index in [-0.39, 0.29) is 6.09 Å². The van der Waals surface area contributed by atoms with Crippen LogP contribution in [-0.2, 0) is 4.74 Å². The normalized spacial score (nSPS) is 31.9. The Labute approximate surface area is 142 Å². The molecule has 2 atom stereocenters. The quantitative estimate of drug-likeness (QED) is 0.836. The summed E-state index contributed by atoms with van der Waals surface area (Å²) in [5.41, 5.74) is -0.415. The molecule has 0 aromatic rings. The van der Waals surface area contributed by atoms with Crippen LogP contribution in [0.3, 0.4) is 0 Å². The highest BCUT2D eigenvalue weighted by Crippen LogP contribution is 2.31. The number of amides is 1. The van der Waals surface area contributed by atoms with Gasteiger partial charge in [0.05, 0.1) is 0 Å². The largest absolute Gasteiger partial charge is 0.444 e. The Kier molecular flexibility index (Phi) is 6.35. The average molecular weight is 325 g/mol. The maximum atomic E-state index is 12.2. The Morgan fingerprint density at radius 2 is 1.78 bits per heavy atom. The fraction of sp³-hybridized carbons (Fsp3) is 0.947. The monoisotopic (exact) mass is 324 g/mol. The number of rotatable bonds is 4. The Morgan fingerprint density at radius 1 is 1.13 bits per heavy atom. The smallest absolute Gasteiger partial charge is 0.410 e. The summed E-state index contributed by atoms with van der Waals surface area (Å²) in [5.74, 6) is 0.872. The molecule has 1 N–H and O–H groups in total. The van der Waals surface area contributed by atoms with Crippen LogP contribution in [0.15, 0.2) is 0 Å². The molecule has 0 bridgehead atoms. The Hall–Kier alpha value is -0.770. The summed E-state index contributed by atoms with van der Waals surface area (Å²) in [5, 5.41) is 3.91. The molecular weight excluding hydrogens is 288 g/mol. The molecule has 0 heterocycles. The van der Waals surface area contributed by atoms with E-state index >= 15 is 0 Å². The molecule has 134 valence electrons. The molecule has 23 heavy (non-hydrogen) atoms. The minimum Gasteiger partial charge on any atom is -0.444 e. The molecule has 2 saturated carbocycles. The van der Waals surface area contributed by atoms with Gasteiger partial charge in [-0.25, -0.2) is 4.79 Å². The third kappa shape index (κ3) is 5.37. The highest BCUT2D eigenvalue weighted by atomic mass is 16.6. The van der Waals surface area contributed by atoms with Crippen LogP contribution in [0.2, 0.25) is 0 Å². The van der Waals surface area contributed by atoms with Crippen molar-refractivity contribution in [1.29, 1.82) is 0 Å². The van der Waals surface area contributed by atoms with E-state index in [0.29, 0.717) is 12.1 Å². The molecule has 2 unspecified atom stereocenters. The average Bonchev–Trinajstić information content (AvgIpc) is 2.92. The van der Waals surface area contributed by atoms with Gasteiger partial charge in [-0.3, -0.25) is 0 Å². The van der Waals surface area contributed by atoms with Crippen LogP contribution < -0.4 is 5.32 Å². The lowest BCUT2D eigenvalue weighted by Crippen LogP contribution is -2.47. The molecule has 2 aliphatic rings. The van der Waals surface area contributed by atoms with E-state index in [9.17, 15) is 4.79 Å². The van der Waals surface area contributed by atoms with E-state index in [1.165, 1.54) is 38.5 Å². The number of carbonyl (C=O) groups excluding carboxylic acids is 1. The van der Waals surface area contributed by atoms with Crippen LogP contribution in [0.25, 0.3) is 0 Å². The van der Waals surface area contributed by atoms with Gasteiger partial charge in [-0.15, -0.1) is 0 Å². The molecular formula is C19H36N2O2. The number of nitrogens with one attached hydrogen (secondary N) is 1. The summed E-state index contributed by atoms with van der Waals surface area (Å²) in [6.45, 7) is 8.08. The molecule has 0 aromatic carbocycles. The molecule has 2 fully saturated rings. The summed E-state index contributed by atoms with van der Waals surface area (Å²) < 4.78 is 5.49.